The van der Waals surface area contributed by atoms with Gasteiger partial charge < -0.3 is 5.32 Å². The quantitative estimate of drug-likeness (QED) is 0.908. The first kappa shape index (κ1) is 12.5. The zero-order valence-corrected chi connectivity index (χ0v) is 12.1. The van der Waals surface area contributed by atoms with Gasteiger partial charge in [-0.3, -0.25) is 0 Å². The SMILES string of the molecule is CNC1CCC(Sc2ccccc2Br)C1C. The summed E-state index contributed by atoms with van der Waals surface area (Å²) in [5.41, 5.74) is 0. The first-order chi connectivity index (χ1) is 7.72. The van der Waals surface area contributed by atoms with E-state index in [1.54, 1.807) is 0 Å². The monoisotopic (exact) mass is 299 g/mol. The Morgan fingerprint density at radius 3 is 2.69 bits per heavy atom. The van der Waals surface area contributed by atoms with Crippen molar-refractivity contribution in [2.75, 3.05) is 7.05 Å². The zero-order chi connectivity index (χ0) is 11.5. The van der Waals surface area contributed by atoms with Crippen LogP contribution in [0.3, 0.4) is 0 Å². The molecule has 0 bridgehead atoms. The predicted octanol–water partition coefficient (Wildman–Crippen LogP) is 3.93. The van der Waals surface area contributed by atoms with Crippen molar-refractivity contribution in [3.05, 3.63) is 28.7 Å². The third-order valence-corrected chi connectivity index (χ3v) is 6.00. The molecule has 0 heterocycles. The van der Waals surface area contributed by atoms with E-state index in [0.29, 0.717) is 6.04 Å². The lowest BCUT2D eigenvalue weighted by Crippen LogP contribution is -2.29. The normalized spacial score (nSPS) is 29.6. The second-order valence-electron chi connectivity index (χ2n) is 4.42. The molecule has 88 valence electrons. The van der Waals surface area contributed by atoms with Crippen molar-refractivity contribution < 1.29 is 0 Å². The molecule has 1 fully saturated rings. The highest BCUT2D eigenvalue weighted by Gasteiger charge is 2.32. The molecule has 0 aliphatic heterocycles. The van der Waals surface area contributed by atoms with Gasteiger partial charge in [0.05, 0.1) is 0 Å². The largest absolute Gasteiger partial charge is 0.317 e. The first-order valence-electron chi connectivity index (χ1n) is 5.81. The lowest BCUT2D eigenvalue weighted by molar-refractivity contribution is 0.464. The van der Waals surface area contributed by atoms with Crippen LogP contribution in [0.2, 0.25) is 0 Å². The van der Waals surface area contributed by atoms with E-state index in [2.05, 4.69) is 59.5 Å². The summed E-state index contributed by atoms with van der Waals surface area (Å²) in [6, 6.07) is 9.20. The van der Waals surface area contributed by atoms with Crippen LogP contribution < -0.4 is 5.32 Å². The van der Waals surface area contributed by atoms with Crippen LogP contribution in [0.1, 0.15) is 19.8 Å². The molecule has 1 aromatic carbocycles. The highest BCUT2D eigenvalue weighted by molar-refractivity contribution is 9.10. The van der Waals surface area contributed by atoms with Crippen LogP contribution in [0, 0.1) is 5.92 Å². The van der Waals surface area contributed by atoms with Crippen LogP contribution in [0.25, 0.3) is 0 Å². The van der Waals surface area contributed by atoms with E-state index in [4.69, 9.17) is 0 Å². The number of nitrogens with one attached hydrogen (secondary N) is 1. The van der Waals surface area contributed by atoms with Crippen LogP contribution >= 0.6 is 27.7 Å². The molecule has 1 aliphatic carbocycles. The minimum absolute atomic E-state index is 0.694. The highest BCUT2D eigenvalue weighted by Crippen LogP contribution is 2.41. The van der Waals surface area contributed by atoms with Gasteiger partial charge in [-0.1, -0.05) is 19.1 Å². The van der Waals surface area contributed by atoms with Crippen molar-refractivity contribution in [3.8, 4) is 0 Å². The molecule has 16 heavy (non-hydrogen) atoms. The average molecular weight is 300 g/mol. The fraction of sp³-hybridized carbons (Fsp3) is 0.538. The van der Waals surface area contributed by atoms with Crippen molar-refractivity contribution in [1.29, 1.82) is 0 Å². The molecule has 1 aliphatic rings. The third-order valence-electron chi connectivity index (χ3n) is 3.47. The zero-order valence-electron chi connectivity index (χ0n) is 9.74. The molecule has 1 aromatic rings. The van der Waals surface area contributed by atoms with Gasteiger partial charge in [-0.15, -0.1) is 11.8 Å². The Bertz CT molecular complexity index is 356. The van der Waals surface area contributed by atoms with Crippen molar-refractivity contribution in [2.24, 2.45) is 5.92 Å². The second kappa shape index (κ2) is 5.56. The van der Waals surface area contributed by atoms with Gasteiger partial charge in [-0.05, 0) is 53.9 Å². The maximum Gasteiger partial charge on any atom is 0.0311 e. The Kier molecular flexibility index (Phi) is 4.34. The maximum absolute atomic E-state index is 3.62. The molecule has 1 saturated carbocycles. The first-order valence-corrected chi connectivity index (χ1v) is 7.48. The summed E-state index contributed by atoms with van der Waals surface area (Å²) in [5.74, 6) is 0.752. The van der Waals surface area contributed by atoms with E-state index in [0.717, 1.165) is 11.2 Å². The summed E-state index contributed by atoms with van der Waals surface area (Å²) >= 11 is 5.64. The van der Waals surface area contributed by atoms with Gasteiger partial charge in [0, 0.05) is 20.7 Å². The Morgan fingerprint density at radius 2 is 2.06 bits per heavy atom. The molecule has 0 radical (unpaired) electrons. The molecule has 3 unspecified atom stereocenters. The van der Waals surface area contributed by atoms with Crippen molar-refractivity contribution >= 4 is 27.7 Å². The smallest absolute Gasteiger partial charge is 0.0311 e. The molecule has 0 amide bonds. The molecule has 1 N–H and O–H groups in total. The van der Waals surface area contributed by atoms with Gasteiger partial charge in [-0.2, -0.15) is 0 Å². The van der Waals surface area contributed by atoms with E-state index in [1.165, 1.54) is 22.2 Å². The van der Waals surface area contributed by atoms with E-state index in [1.807, 2.05) is 11.8 Å². The summed E-state index contributed by atoms with van der Waals surface area (Å²) in [6.45, 7) is 2.36. The number of hydrogen-bond acceptors (Lipinski definition) is 2. The number of halogens is 1. The number of rotatable bonds is 3. The summed E-state index contributed by atoms with van der Waals surface area (Å²) in [5, 5.41) is 4.17. The van der Waals surface area contributed by atoms with E-state index < -0.39 is 0 Å². The van der Waals surface area contributed by atoms with Gasteiger partial charge >= 0.3 is 0 Å². The molecule has 3 heteroatoms. The minimum atomic E-state index is 0.694. The predicted molar refractivity (Wildman–Crippen MR) is 75.0 cm³/mol. The number of hydrogen-bond donors (Lipinski definition) is 1. The van der Waals surface area contributed by atoms with E-state index >= 15 is 0 Å². The van der Waals surface area contributed by atoms with E-state index in [9.17, 15) is 0 Å². The fourth-order valence-corrected chi connectivity index (χ4v) is 4.29. The molecule has 0 saturated heterocycles. The summed E-state index contributed by atoms with van der Waals surface area (Å²) in [6.07, 6.45) is 2.62. The molecular weight excluding hydrogens is 282 g/mol. The summed E-state index contributed by atoms with van der Waals surface area (Å²) in [4.78, 5) is 1.37. The van der Waals surface area contributed by atoms with E-state index in [-0.39, 0.29) is 0 Å². The third kappa shape index (κ3) is 2.63. The molecule has 1 nitrogen and oxygen atoms in total. The van der Waals surface area contributed by atoms with Gasteiger partial charge in [0.25, 0.3) is 0 Å². The Balaban J connectivity index is 2.04. The van der Waals surface area contributed by atoms with Crippen LogP contribution in [0.4, 0.5) is 0 Å². The van der Waals surface area contributed by atoms with Crippen LogP contribution in [0.5, 0.6) is 0 Å². The van der Waals surface area contributed by atoms with Crippen LogP contribution in [0.15, 0.2) is 33.6 Å². The van der Waals surface area contributed by atoms with Crippen LogP contribution in [-0.2, 0) is 0 Å². The summed E-state index contributed by atoms with van der Waals surface area (Å²) < 4.78 is 1.22. The Hall–Kier alpha value is 0.01000. The average Bonchev–Trinajstić information content (AvgIpc) is 2.63. The van der Waals surface area contributed by atoms with Gasteiger partial charge in [0.15, 0.2) is 0 Å². The highest BCUT2D eigenvalue weighted by atomic mass is 79.9. The fourth-order valence-electron chi connectivity index (χ4n) is 2.41. The number of benzene rings is 1. The van der Waals surface area contributed by atoms with Crippen molar-refractivity contribution in [1.82, 2.24) is 5.32 Å². The van der Waals surface area contributed by atoms with Crippen molar-refractivity contribution in [3.63, 3.8) is 0 Å². The van der Waals surface area contributed by atoms with Gasteiger partial charge in [0.2, 0.25) is 0 Å². The molecule has 2 rings (SSSR count). The maximum atomic E-state index is 3.62. The Labute approximate surface area is 111 Å². The lowest BCUT2D eigenvalue weighted by atomic mass is 10.1. The molecular formula is C13H18BrNS. The molecule has 0 aromatic heterocycles. The lowest BCUT2D eigenvalue weighted by Gasteiger charge is -2.20. The van der Waals surface area contributed by atoms with Gasteiger partial charge in [0.1, 0.15) is 0 Å². The topological polar surface area (TPSA) is 12.0 Å². The molecule has 3 atom stereocenters. The van der Waals surface area contributed by atoms with Gasteiger partial charge in [-0.25, -0.2) is 0 Å². The number of thioether (sulfide) groups is 1. The summed E-state index contributed by atoms with van der Waals surface area (Å²) in [7, 11) is 2.08. The van der Waals surface area contributed by atoms with Crippen LogP contribution in [-0.4, -0.2) is 18.3 Å². The molecule has 0 spiro atoms. The van der Waals surface area contributed by atoms with Crippen molar-refractivity contribution in [2.45, 2.75) is 36.0 Å². The second-order valence-corrected chi connectivity index (χ2v) is 6.55. The Morgan fingerprint density at radius 1 is 1.31 bits per heavy atom. The standard InChI is InChI=1S/C13H18BrNS/c1-9-11(15-2)7-8-12(9)16-13-6-4-3-5-10(13)14/h3-6,9,11-12,15H,7-8H2,1-2H3. The minimum Gasteiger partial charge on any atom is -0.317 e.